The van der Waals surface area contributed by atoms with Gasteiger partial charge in [-0.2, -0.15) is 0 Å². The lowest BCUT2D eigenvalue weighted by Crippen LogP contribution is -2.15. The van der Waals surface area contributed by atoms with Gasteiger partial charge in [0.1, 0.15) is 5.75 Å². The predicted molar refractivity (Wildman–Crippen MR) is 84.2 cm³/mol. The van der Waals surface area contributed by atoms with E-state index >= 15 is 0 Å². The second kappa shape index (κ2) is 8.78. The van der Waals surface area contributed by atoms with Gasteiger partial charge in [-0.15, -0.1) is 0 Å². The SMILES string of the molecule is CCCCCCOc1cc2c(cc1CNCCC)OCO2. The highest BCUT2D eigenvalue weighted by molar-refractivity contribution is 5.51. The Kier molecular flexibility index (Phi) is 6.67. The number of nitrogens with one attached hydrogen (secondary N) is 1. The van der Waals surface area contributed by atoms with Crippen molar-refractivity contribution in [1.29, 1.82) is 0 Å². The number of fused-ring (bicyclic) bond motifs is 1. The van der Waals surface area contributed by atoms with Gasteiger partial charge in [-0.25, -0.2) is 0 Å². The Morgan fingerprint density at radius 2 is 1.86 bits per heavy atom. The summed E-state index contributed by atoms with van der Waals surface area (Å²) in [6.45, 7) is 7.25. The average Bonchev–Trinajstić information content (AvgIpc) is 2.94. The highest BCUT2D eigenvalue weighted by Crippen LogP contribution is 2.38. The molecule has 0 amide bonds. The molecule has 0 unspecified atom stereocenters. The van der Waals surface area contributed by atoms with Crippen LogP contribution >= 0.6 is 0 Å². The van der Waals surface area contributed by atoms with Gasteiger partial charge in [0.2, 0.25) is 6.79 Å². The minimum atomic E-state index is 0.303. The third-order valence-electron chi connectivity index (χ3n) is 3.55. The van der Waals surface area contributed by atoms with Crippen LogP contribution < -0.4 is 19.5 Å². The molecule has 2 rings (SSSR count). The third-order valence-corrected chi connectivity index (χ3v) is 3.55. The summed E-state index contributed by atoms with van der Waals surface area (Å²) in [4.78, 5) is 0. The number of benzene rings is 1. The molecule has 0 bridgehead atoms. The van der Waals surface area contributed by atoms with Gasteiger partial charge in [0.15, 0.2) is 11.5 Å². The first kappa shape index (κ1) is 16.0. The molecule has 0 spiro atoms. The lowest BCUT2D eigenvalue weighted by molar-refractivity contribution is 0.173. The van der Waals surface area contributed by atoms with Crippen LogP contribution in [0.3, 0.4) is 0 Å². The van der Waals surface area contributed by atoms with E-state index in [0.717, 1.165) is 55.4 Å². The lowest BCUT2D eigenvalue weighted by atomic mass is 10.1. The summed E-state index contributed by atoms with van der Waals surface area (Å²) in [7, 11) is 0. The van der Waals surface area contributed by atoms with Gasteiger partial charge in [-0.3, -0.25) is 0 Å². The first-order valence-electron chi connectivity index (χ1n) is 8.11. The van der Waals surface area contributed by atoms with E-state index in [1.807, 2.05) is 12.1 Å². The van der Waals surface area contributed by atoms with Gasteiger partial charge >= 0.3 is 0 Å². The molecule has 118 valence electrons. The maximum atomic E-state index is 5.96. The quantitative estimate of drug-likeness (QED) is 0.665. The zero-order valence-electron chi connectivity index (χ0n) is 13.2. The zero-order valence-corrected chi connectivity index (χ0v) is 13.2. The van der Waals surface area contributed by atoms with Gasteiger partial charge in [0.05, 0.1) is 6.61 Å². The van der Waals surface area contributed by atoms with Crippen molar-refractivity contribution in [3.05, 3.63) is 17.7 Å². The van der Waals surface area contributed by atoms with Gasteiger partial charge in [0, 0.05) is 18.2 Å². The molecule has 1 N–H and O–H groups in total. The Bertz CT molecular complexity index is 434. The van der Waals surface area contributed by atoms with Crippen LogP contribution in [-0.2, 0) is 6.54 Å². The predicted octanol–water partition coefficient (Wildman–Crippen LogP) is 3.87. The standard InChI is InChI=1S/C17H27NO3/c1-3-5-6-7-9-19-15-11-17-16(20-13-21-17)10-14(15)12-18-8-4-2/h10-11,18H,3-9,12-13H2,1-2H3. The van der Waals surface area contributed by atoms with Crippen molar-refractivity contribution in [1.82, 2.24) is 5.32 Å². The fourth-order valence-corrected chi connectivity index (χ4v) is 2.35. The van der Waals surface area contributed by atoms with Crippen molar-refractivity contribution in [3.63, 3.8) is 0 Å². The fraction of sp³-hybridized carbons (Fsp3) is 0.647. The summed E-state index contributed by atoms with van der Waals surface area (Å²) < 4.78 is 16.9. The average molecular weight is 293 g/mol. The Hall–Kier alpha value is -1.42. The fourth-order valence-electron chi connectivity index (χ4n) is 2.35. The maximum Gasteiger partial charge on any atom is 0.231 e. The highest BCUT2D eigenvalue weighted by Gasteiger charge is 2.17. The van der Waals surface area contributed by atoms with Crippen LogP contribution in [0.15, 0.2) is 12.1 Å². The zero-order chi connectivity index (χ0) is 14.9. The normalized spacial score (nSPS) is 12.7. The van der Waals surface area contributed by atoms with E-state index in [-0.39, 0.29) is 0 Å². The summed E-state index contributed by atoms with van der Waals surface area (Å²) in [5, 5.41) is 3.42. The summed E-state index contributed by atoms with van der Waals surface area (Å²) in [5.41, 5.74) is 1.14. The summed E-state index contributed by atoms with van der Waals surface area (Å²) in [6.07, 6.45) is 5.97. The molecule has 0 aromatic heterocycles. The molecule has 21 heavy (non-hydrogen) atoms. The smallest absolute Gasteiger partial charge is 0.231 e. The Labute approximate surface area is 127 Å². The third kappa shape index (κ3) is 4.81. The molecule has 0 aliphatic carbocycles. The van der Waals surface area contributed by atoms with E-state index in [4.69, 9.17) is 14.2 Å². The van der Waals surface area contributed by atoms with Crippen molar-refractivity contribution in [2.45, 2.75) is 52.5 Å². The number of hydrogen-bond donors (Lipinski definition) is 1. The van der Waals surface area contributed by atoms with Crippen LogP contribution in [0.4, 0.5) is 0 Å². The number of ether oxygens (including phenoxy) is 3. The van der Waals surface area contributed by atoms with Gasteiger partial charge in [-0.05, 0) is 25.5 Å². The minimum absolute atomic E-state index is 0.303. The van der Waals surface area contributed by atoms with E-state index in [1.165, 1.54) is 19.3 Å². The topological polar surface area (TPSA) is 39.7 Å². The molecule has 0 saturated heterocycles. The van der Waals surface area contributed by atoms with Crippen LogP contribution in [0, 0.1) is 0 Å². The molecular weight excluding hydrogens is 266 g/mol. The molecule has 0 radical (unpaired) electrons. The van der Waals surface area contributed by atoms with Crippen molar-refractivity contribution in [3.8, 4) is 17.2 Å². The Morgan fingerprint density at radius 3 is 2.62 bits per heavy atom. The van der Waals surface area contributed by atoms with Gasteiger partial charge < -0.3 is 19.5 Å². The summed E-state index contributed by atoms with van der Waals surface area (Å²) in [6, 6.07) is 4.00. The molecule has 1 aliphatic rings. The molecule has 1 aromatic carbocycles. The van der Waals surface area contributed by atoms with Gasteiger partial charge in [0.25, 0.3) is 0 Å². The monoisotopic (exact) mass is 293 g/mol. The number of rotatable bonds is 10. The Balaban J connectivity index is 1.95. The van der Waals surface area contributed by atoms with Crippen molar-refractivity contribution in [2.24, 2.45) is 0 Å². The molecule has 0 fully saturated rings. The van der Waals surface area contributed by atoms with Crippen LogP contribution in [0.5, 0.6) is 17.2 Å². The van der Waals surface area contributed by atoms with Crippen molar-refractivity contribution in [2.75, 3.05) is 19.9 Å². The first-order valence-corrected chi connectivity index (χ1v) is 8.11. The molecule has 0 atom stereocenters. The van der Waals surface area contributed by atoms with Crippen LogP contribution in [0.25, 0.3) is 0 Å². The molecule has 1 heterocycles. The number of hydrogen-bond acceptors (Lipinski definition) is 4. The summed E-state index contributed by atoms with van der Waals surface area (Å²) in [5.74, 6) is 2.53. The van der Waals surface area contributed by atoms with Crippen LogP contribution in [-0.4, -0.2) is 19.9 Å². The van der Waals surface area contributed by atoms with Crippen LogP contribution in [0.2, 0.25) is 0 Å². The molecule has 4 nitrogen and oxygen atoms in total. The lowest BCUT2D eigenvalue weighted by Gasteiger charge is -2.13. The van der Waals surface area contributed by atoms with Crippen LogP contribution in [0.1, 0.15) is 51.5 Å². The molecule has 0 saturated carbocycles. The van der Waals surface area contributed by atoms with Crippen molar-refractivity contribution >= 4 is 0 Å². The van der Waals surface area contributed by atoms with E-state index in [9.17, 15) is 0 Å². The van der Waals surface area contributed by atoms with Gasteiger partial charge in [-0.1, -0.05) is 33.1 Å². The second-order valence-electron chi connectivity index (χ2n) is 5.40. The molecule has 1 aromatic rings. The van der Waals surface area contributed by atoms with E-state index in [1.54, 1.807) is 0 Å². The highest BCUT2D eigenvalue weighted by atomic mass is 16.7. The van der Waals surface area contributed by atoms with E-state index < -0.39 is 0 Å². The van der Waals surface area contributed by atoms with Crippen molar-refractivity contribution < 1.29 is 14.2 Å². The molecule has 4 heteroatoms. The maximum absolute atomic E-state index is 5.96. The Morgan fingerprint density at radius 1 is 1.05 bits per heavy atom. The largest absolute Gasteiger partial charge is 0.493 e. The second-order valence-corrected chi connectivity index (χ2v) is 5.40. The number of unbranched alkanes of at least 4 members (excludes halogenated alkanes) is 3. The van der Waals surface area contributed by atoms with E-state index in [2.05, 4.69) is 19.2 Å². The molecular formula is C17H27NO3. The van der Waals surface area contributed by atoms with E-state index in [0.29, 0.717) is 6.79 Å². The minimum Gasteiger partial charge on any atom is -0.493 e. The molecule has 1 aliphatic heterocycles. The summed E-state index contributed by atoms with van der Waals surface area (Å²) >= 11 is 0. The first-order chi connectivity index (χ1) is 10.3.